The van der Waals surface area contributed by atoms with E-state index in [0.29, 0.717) is 12.2 Å². The minimum Gasteiger partial charge on any atom is -0.344 e. The molecule has 25 heavy (non-hydrogen) atoms. The van der Waals surface area contributed by atoms with Crippen LogP contribution in [0.3, 0.4) is 0 Å². The van der Waals surface area contributed by atoms with Crippen LogP contribution in [0.15, 0.2) is 29.2 Å². The van der Waals surface area contributed by atoms with Crippen molar-refractivity contribution in [3.63, 3.8) is 0 Å². The summed E-state index contributed by atoms with van der Waals surface area (Å²) in [5.74, 6) is -1.32. The maximum Gasteiger partial charge on any atom is 0.315 e. The van der Waals surface area contributed by atoms with E-state index in [0.717, 1.165) is 12.8 Å². The van der Waals surface area contributed by atoms with E-state index < -0.39 is 24.7 Å². The minimum atomic E-state index is -3.14. The molecule has 1 aliphatic rings. The molecule has 3 rings (SSSR count). The van der Waals surface area contributed by atoms with Crippen molar-refractivity contribution in [1.82, 2.24) is 15.3 Å². The highest BCUT2D eigenvalue weighted by atomic mass is 32.1. The van der Waals surface area contributed by atoms with Crippen LogP contribution in [0, 0.1) is 0 Å². The Labute approximate surface area is 147 Å². The van der Waals surface area contributed by atoms with Gasteiger partial charge in [0.2, 0.25) is 0 Å². The molecule has 0 radical (unpaired) electrons. The number of hydrogen-bond acceptors (Lipinski definition) is 5. The predicted molar refractivity (Wildman–Crippen MR) is 88.9 cm³/mol. The normalized spacial score (nSPS) is 15.6. The smallest absolute Gasteiger partial charge is 0.315 e. The van der Waals surface area contributed by atoms with Crippen molar-refractivity contribution < 1.29 is 18.4 Å². The molecule has 2 aromatic rings. The van der Waals surface area contributed by atoms with Crippen LogP contribution in [0.5, 0.6) is 0 Å². The van der Waals surface area contributed by atoms with Crippen molar-refractivity contribution in [2.24, 2.45) is 0 Å². The van der Waals surface area contributed by atoms with Crippen LogP contribution in [0.1, 0.15) is 41.0 Å². The standard InChI is InChI=1S/C17H17F2N3O2S/c18-15(19)16(24)22-9-13(23)11-7-20-14(21-8-11)6-17(3-1-4-17)12-2-5-25-10-12/h2,5,7-8,10,15H,1,3-4,6,9H2,(H,22,24). The monoisotopic (exact) mass is 365 g/mol. The number of carbonyl (C=O) groups excluding carboxylic acids is 2. The fraction of sp³-hybridized carbons (Fsp3) is 0.412. The van der Waals surface area contributed by atoms with Crippen molar-refractivity contribution in [3.05, 3.63) is 46.2 Å². The van der Waals surface area contributed by atoms with Gasteiger partial charge >= 0.3 is 6.43 Å². The molecule has 1 aliphatic carbocycles. The molecule has 0 atom stereocenters. The van der Waals surface area contributed by atoms with Crippen LogP contribution in [-0.2, 0) is 16.6 Å². The molecule has 1 amide bonds. The Morgan fingerprint density at radius 1 is 1.28 bits per heavy atom. The molecule has 8 heteroatoms. The Hall–Kier alpha value is -2.22. The van der Waals surface area contributed by atoms with Gasteiger partial charge in [0, 0.05) is 24.2 Å². The van der Waals surface area contributed by atoms with Crippen molar-refractivity contribution in [2.75, 3.05) is 6.54 Å². The number of Topliss-reactive ketones (excluding diaryl/α,β-unsaturated/α-hetero) is 1. The lowest BCUT2D eigenvalue weighted by Gasteiger charge is -2.41. The molecular formula is C17H17F2N3O2S. The molecule has 1 N–H and O–H groups in total. The van der Waals surface area contributed by atoms with Crippen LogP contribution in [0.4, 0.5) is 8.78 Å². The summed E-state index contributed by atoms with van der Waals surface area (Å²) in [4.78, 5) is 31.2. The zero-order valence-corrected chi connectivity index (χ0v) is 14.2. The molecule has 0 aromatic carbocycles. The van der Waals surface area contributed by atoms with E-state index in [9.17, 15) is 18.4 Å². The highest BCUT2D eigenvalue weighted by Crippen LogP contribution is 2.46. The second kappa shape index (κ2) is 7.35. The van der Waals surface area contributed by atoms with Crippen LogP contribution >= 0.6 is 11.3 Å². The van der Waals surface area contributed by atoms with E-state index in [1.165, 1.54) is 24.4 Å². The van der Waals surface area contributed by atoms with Crippen LogP contribution < -0.4 is 5.32 Å². The third kappa shape index (κ3) is 3.89. The number of halogens is 2. The van der Waals surface area contributed by atoms with Crippen LogP contribution in [0.2, 0.25) is 0 Å². The van der Waals surface area contributed by atoms with Crippen molar-refractivity contribution in [3.8, 4) is 0 Å². The van der Waals surface area contributed by atoms with Crippen LogP contribution in [0.25, 0.3) is 0 Å². The Balaban J connectivity index is 1.62. The molecule has 0 spiro atoms. The van der Waals surface area contributed by atoms with E-state index in [1.54, 1.807) is 11.3 Å². The number of aromatic nitrogens is 2. The van der Waals surface area contributed by atoms with Gasteiger partial charge in [0.1, 0.15) is 5.82 Å². The molecule has 0 unspecified atom stereocenters. The number of nitrogens with zero attached hydrogens (tertiary/aromatic N) is 2. The number of ketones is 1. The summed E-state index contributed by atoms with van der Waals surface area (Å²) in [6.45, 7) is -0.495. The number of nitrogens with one attached hydrogen (secondary N) is 1. The minimum absolute atomic E-state index is 0.0801. The summed E-state index contributed by atoms with van der Waals surface area (Å²) in [6, 6.07) is 2.13. The summed E-state index contributed by atoms with van der Waals surface area (Å²) >= 11 is 1.67. The van der Waals surface area contributed by atoms with Gasteiger partial charge in [-0.3, -0.25) is 9.59 Å². The topological polar surface area (TPSA) is 72.0 Å². The largest absolute Gasteiger partial charge is 0.344 e. The highest BCUT2D eigenvalue weighted by Gasteiger charge is 2.39. The molecule has 0 bridgehead atoms. The first kappa shape index (κ1) is 17.6. The van der Waals surface area contributed by atoms with Gasteiger partial charge in [-0.2, -0.15) is 20.1 Å². The number of hydrogen-bond donors (Lipinski definition) is 1. The molecule has 0 saturated heterocycles. The van der Waals surface area contributed by atoms with E-state index in [1.807, 2.05) is 5.32 Å². The predicted octanol–water partition coefficient (Wildman–Crippen LogP) is 2.77. The van der Waals surface area contributed by atoms with Gasteiger partial charge in [-0.25, -0.2) is 9.97 Å². The zero-order valence-electron chi connectivity index (χ0n) is 13.4. The van der Waals surface area contributed by atoms with Gasteiger partial charge in [-0.15, -0.1) is 0 Å². The molecule has 1 saturated carbocycles. The first-order chi connectivity index (χ1) is 12.0. The van der Waals surface area contributed by atoms with Gasteiger partial charge in [0.05, 0.1) is 12.1 Å². The summed E-state index contributed by atoms with van der Waals surface area (Å²) in [6.07, 6.45) is 3.71. The second-order valence-corrected chi connectivity index (χ2v) is 6.93. The lowest BCUT2D eigenvalue weighted by molar-refractivity contribution is -0.131. The first-order valence-electron chi connectivity index (χ1n) is 7.93. The molecule has 2 heterocycles. The fourth-order valence-electron chi connectivity index (χ4n) is 2.98. The van der Waals surface area contributed by atoms with Gasteiger partial charge in [0.25, 0.3) is 5.91 Å². The third-order valence-corrected chi connectivity index (χ3v) is 5.27. The molecular weight excluding hydrogens is 348 g/mol. The molecule has 1 fully saturated rings. The van der Waals surface area contributed by atoms with E-state index >= 15 is 0 Å². The Morgan fingerprint density at radius 3 is 2.52 bits per heavy atom. The SMILES string of the molecule is O=C(CNC(=O)C(F)F)c1cnc(CC2(c3ccsc3)CCC2)nc1. The Kier molecular flexibility index (Phi) is 5.17. The van der Waals surface area contributed by atoms with Gasteiger partial charge < -0.3 is 5.32 Å². The lowest BCUT2D eigenvalue weighted by Crippen LogP contribution is -2.36. The van der Waals surface area contributed by atoms with Gasteiger partial charge in [0.15, 0.2) is 5.78 Å². The summed E-state index contributed by atoms with van der Waals surface area (Å²) in [7, 11) is 0. The average molecular weight is 365 g/mol. The van der Waals surface area contributed by atoms with Gasteiger partial charge in [-0.05, 0) is 35.2 Å². The van der Waals surface area contributed by atoms with Crippen molar-refractivity contribution in [1.29, 1.82) is 0 Å². The Bertz CT molecular complexity index is 744. The molecule has 5 nitrogen and oxygen atoms in total. The maximum atomic E-state index is 12.1. The number of carbonyl (C=O) groups is 2. The number of rotatable bonds is 7. The van der Waals surface area contributed by atoms with Crippen molar-refractivity contribution in [2.45, 2.75) is 37.5 Å². The molecule has 0 aliphatic heterocycles. The molecule has 132 valence electrons. The average Bonchev–Trinajstić information content (AvgIpc) is 3.10. The fourth-order valence-corrected chi connectivity index (χ4v) is 3.76. The number of amides is 1. The van der Waals surface area contributed by atoms with Gasteiger partial charge in [-0.1, -0.05) is 6.42 Å². The second-order valence-electron chi connectivity index (χ2n) is 6.15. The number of alkyl halides is 2. The van der Waals surface area contributed by atoms with Crippen LogP contribution in [-0.4, -0.2) is 34.6 Å². The van der Waals surface area contributed by atoms with E-state index in [4.69, 9.17) is 0 Å². The highest BCUT2D eigenvalue weighted by molar-refractivity contribution is 7.08. The first-order valence-corrected chi connectivity index (χ1v) is 8.87. The zero-order chi connectivity index (χ0) is 17.9. The summed E-state index contributed by atoms with van der Waals surface area (Å²) in [5.41, 5.74) is 1.58. The third-order valence-electron chi connectivity index (χ3n) is 4.59. The van der Waals surface area contributed by atoms with E-state index in [-0.39, 0.29) is 11.0 Å². The summed E-state index contributed by atoms with van der Waals surface area (Å²) in [5, 5.41) is 6.09. The van der Waals surface area contributed by atoms with Crippen molar-refractivity contribution >= 4 is 23.0 Å². The summed E-state index contributed by atoms with van der Waals surface area (Å²) < 4.78 is 24.2. The quantitative estimate of drug-likeness (QED) is 0.766. The lowest BCUT2D eigenvalue weighted by atomic mass is 9.63. The Morgan fingerprint density at radius 2 is 2.00 bits per heavy atom. The maximum absolute atomic E-state index is 12.1. The van der Waals surface area contributed by atoms with E-state index in [2.05, 4.69) is 26.8 Å². The molecule has 2 aromatic heterocycles. The number of thiophene rings is 1.